The van der Waals surface area contributed by atoms with Gasteiger partial charge < -0.3 is 14.5 Å². The van der Waals surface area contributed by atoms with E-state index >= 15 is 0 Å². The first-order valence-corrected chi connectivity index (χ1v) is 11.4. The van der Waals surface area contributed by atoms with Gasteiger partial charge in [0.05, 0.1) is 5.75 Å². The van der Waals surface area contributed by atoms with E-state index < -0.39 is 0 Å². The van der Waals surface area contributed by atoms with Crippen LogP contribution in [-0.2, 0) is 11.4 Å². The zero-order valence-electron chi connectivity index (χ0n) is 18.6. The van der Waals surface area contributed by atoms with Gasteiger partial charge in [0.2, 0.25) is 5.91 Å². The molecule has 2 aromatic carbocycles. The summed E-state index contributed by atoms with van der Waals surface area (Å²) in [7, 11) is 0. The van der Waals surface area contributed by atoms with E-state index in [0.29, 0.717) is 22.9 Å². The Morgan fingerprint density at radius 3 is 2.48 bits per heavy atom. The van der Waals surface area contributed by atoms with Gasteiger partial charge in [-0.2, -0.15) is 0 Å². The molecule has 3 aromatic rings. The van der Waals surface area contributed by atoms with Crippen molar-refractivity contribution in [3.63, 3.8) is 0 Å². The Morgan fingerprint density at radius 1 is 1.06 bits per heavy atom. The number of aryl methyl sites for hydroxylation is 1. The fourth-order valence-corrected chi connectivity index (χ4v) is 3.59. The summed E-state index contributed by atoms with van der Waals surface area (Å²) >= 11 is 1.20. The van der Waals surface area contributed by atoms with Gasteiger partial charge in [-0.3, -0.25) is 4.79 Å². The third kappa shape index (κ3) is 6.59. The molecule has 7 heteroatoms. The summed E-state index contributed by atoms with van der Waals surface area (Å²) in [5, 5.41) is 11.2. The van der Waals surface area contributed by atoms with E-state index in [1.165, 1.54) is 17.3 Å². The lowest BCUT2D eigenvalue weighted by atomic mass is 10.0. The summed E-state index contributed by atoms with van der Waals surface area (Å²) in [6.07, 6.45) is 0. The number of aromatic nitrogens is 2. The Morgan fingerprint density at radius 2 is 1.81 bits per heavy atom. The molecule has 1 aromatic heterocycles. The van der Waals surface area contributed by atoms with Gasteiger partial charge in [-0.05, 0) is 53.6 Å². The molecule has 0 aliphatic heterocycles. The maximum Gasteiger partial charge on any atom is 0.277 e. The average Bonchev–Trinajstić information content (AvgIpc) is 3.19. The molecular formula is C24H29N3O3S. The number of carbonyl (C=O) groups is 1. The number of carbonyl (C=O) groups excluding carboxylic acids is 1. The van der Waals surface area contributed by atoms with Crippen molar-refractivity contribution >= 4 is 23.4 Å². The first-order valence-electron chi connectivity index (χ1n) is 10.4. The largest absolute Gasteiger partial charge is 0.484 e. The smallest absolute Gasteiger partial charge is 0.277 e. The van der Waals surface area contributed by atoms with Gasteiger partial charge >= 0.3 is 0 Å². The van der Waals surface area contributed by atoms with E-state index in [4.69, 9.17) is 9.15 Å². The highest BCUT2D eigenvalue weighted by Crippen LogP contribution is 2.28. The van der Waals surface area contributed by atoms with Gasteiger partial charge in [-0.1, -0.05) is 63.7 Å². The normalized spacial score (nSPS) is 11.2. The lowest BCUT2D eigenvalue weighted by Crippen LogP contribution is -2.14. The lowest BCUT2D eigenvalue weighted by molar-refractivity contribution is -0.113. The second-order valence-corrected chi connectivity index (χ2v) is 8.99. The van der Waals surface area contributed by atoms with E-state index in [9.17, 15) is 4.79 Å². The molecule has 0 aliphatic carbocycles. The van der Waals surface area contributed by atoms with Crippen LogP contribution in [0, 0.1) is 6.92 Å². The Balaban J connectivity index is 1.50. The van der Waals surface area contributed by atoms with Crippen molar-refractivity contribution in [1.82, 2.24) is 10.2 Å². The number of hydrogen-bond donors (Lipinski definition) is 1. The first-order chi connectivity index (χ1) is 14.8. The second kappa shape index (κ2) is 10.5. The molecular weight excluding hydrogens is 410 g/mol. The zero-order valence-corrected chi connectivity index (χ0v) is 19.5. The molecule has 0 atom stereocenters. The van der Waals surface area contributed by atoms with Crippen molar-refractivity contribution in [2.45, 2.75) is 58.3 Å². The lowest BCUT2D eigenvalue weighted by Gasteiger charge is -2.13. The predicted octanol–water partition coefficient (Wildman–Crippen LogP) is 5.93. The number of thioether (sulfide) groups is 1. The number of anilines is 1. The summed E-state index contributed by atoms with van der Waals surface area (Å²) in [6, 6.07) is 14.0. The van der Waals surface area contributed by atoms with E-state index in [1.54, 1.807) is 0 Å². The molecule has 0 saturated carbocycles. The van der Waals surface area contributed by atoms with Crippen LogP contribution in [0.5, 0.6) is 5.75 Å². The van der Waals surface area contributed by atoms with Crippen LogP contribution in [0.1, 0.15) is 62.1 Å². The molecule has 164 valence electrons. The minimum atomic E-state index is -0.125. The maximum atomic E-state index is 12.2. The quantitative estimate of drug-likeness (QED) is 0.416. The summed E-state index contributed by atoms with van der Waals surface area (Å²) < 4.78 is 11.5. The summed E-state index contributed by atoms with van der Waals surface area (Å²) in [5.41, 5.74) is 4.27. The molecule has 0 spiro atoms. The van der Waals surface area contributed by atoms with Crippen LogP contribution in [0.2, 0.25) is 0 Å². The Labute approximate surface area is 187 Å². The van der Waals surface area contributed by atoms with E-state index in [2.05, 4.69) is 55.3 Å². The maximum absolute atomic E-state index is 12.2. The Hall–Kier alpha value is -2.80. The van der Waals surface area contributed by atoms with Crippen LogP contribution in [0.25, 0.3) is 0 Å². The Bertz CT molecular complexity index is 1010. The van der Waals surface area contributed by atoms with Gasteiger partial charge in [-0.15, -0.1) is 10.2 Å². The first kappa shape index (κ1) is 22.9. The topological polar surface area (TPSA) is 77.2 Å². The van der Waals surface area contributed by atoms with E-state index in [-0.39, 0.29) is 18.3 Å². The zero-order chi connectivity index (χ0) is 22.4. The van der Waals surface area contributed by atoms with Gasteiger partial charge in [0.1, 0.15) is 5.75 Å². The van der Waals surface area contributed by atoms with Crippen molar-refractivity contribution < 1.29 is 13.9 Å². The van der Waals surface area contributed by atoms with Crippen molar-refractivity contribution in [3.8, 4) is 5.75 Å². The monoisotopic (exact) mass is 439 g/mol. The predicted molar refractivity (Wildman–Crippen MR) is 124 cm³/mol. The van der Waals surface area contributed by atoms with Crippen LogP contribution in [0.15, 0.2) is 52.1 Å². The van der Waals surface area contributed by atoms with E-state index in [1.807, 2.05) is 37.3 Å². The molecule has 1 N–H and O–H groups in total. The molecule has 6 nitrogen and oxygen atoms in total. The number of benzene rings is 2. The number of rotatable bonds is 9. The number of nitrogens with one attached hydrogen (secondary N) is 1. The molecule has 0 aliphatic rings. The number of nitrogens with zero attached hydrogens (tertiary/aromatic N) is 2. The fraction of sp³-hybridized carbons (Fsp3) is 0.375. The highest BCUT2D eigenvalue weighted by molar-refractivity contribution is 7.99. The number of amides is 1. The van der Waals surface area contributed by atoms with Crippen molar-refractivity contribution in [3.05, 3.63) is 65.0 Å². The fourth-order valence-electron chi connectivity index (χ4n) is 3.01. The minimum Gasteiger partial charge on any atom is -0.484 e. The Kier molecular flexibility index (Phi) is 7.74. The SMILES string of the molecule is Cc1ccc(C(C)C)c(OCc2nnc(SCC(=O)Nc3ccc(C(C)C)cc3)o2)c1. The molecule has 1 heterocycles. The van der Waals surface area contributed by atoms with Crippen molar-refractivity contribution in [2.75, 3.05) is 11.1 Å². The second-order valence-electron chi connectivity index (χ2n) is 8.06. The number of hydrogen-bond acceptors (Lipinski definition) is 6. The van der Waals surface area contributed by atoms with Gasteiger partial charge in [0.15, 0.2) is 6.61 Å². The minimum absolute atomic E-state index is 0.125. The van der Waals surface area contributed by atoms with Gasteiger partial charge in [-0.25, -0.2) is 0 Å². The third-order valence-electron chi connectivity index (χ3n) is 4.78. The van der Waals surface area contributed by atoms with Crippen LogP contribution >= 0.6 is 11.8 Å². The van der Waals surface area contributed by atoms with Crippen LogP contribution in [-0.4, -0.2) is 21.9 Å². The molecule has 0 saturated heterocycles. The van der Waals surface area contributed by atoms with Gasteiger partial charge in [0.25, 0.3) is 11.1 Å². The molecule has 0 radical (unpaired) electrons. The number of ether oxygens (including phenoxy) is 1. The van der Waals surface area contributed by atoms with Crippen LogP contribution in [0.4, 0.5) is 5.69 Å². The van der Waals surface area contributed by atoms with Crippen LogP contribution < -0.4 is 10.1 Å². The van der Waals surface area contributed by atoms with E-state index in [0.717, 1.165) is 22.6 Å². The standard InChI is InChI=1S/C24H29N3O3S/c1-15(2)18-7-9-19(10-8-18)25-22(28)14-31-24-27-26-23(30-24)13-29-21-12-17(5)6-11-20(21)16(3)4/h6-12,15-16H,13-14H2,1-5H3,(H,25,28). The molecule has 31 heavy (non-hydrogen) atoms. The van der Waals surface area contributed by atoms with Crippen LogP contribution in [0.3, 0.4) is 0 Å². The molecule has 0 bridgehead atoms. The van der Waals surface area contributed by atoms with Gasteiger partial charge in [0, 0.05) is 5.69 Å². The summed E-state index contributed by atoms with van der Waals surface area (Å²) in [6.45, 7) is 10.7. The third-order valence-corrected chi connectivity index (χ3v) is 5.60. The van der Waals surface area contributed by atoms with Crippen molar-refractivity contribution in [2.24, 2.45) is 0 Å². The van der Waals surface area contributed by atoms with Crippen molar-refractivity contribution in [1.29, 1.82) is 0 Å². The summed E-state index contributed by atoms with van der Waals surface area (Å²) in [5.74, 6) is 2.07. The highest BCUT2D eigenvalue weighted by atomic mass is 32.2. The summed E-state index contributed by atoms with van der Waals surface area (Å²) in [4.78, 5) is 12.2. The average molecular weight is 440 g/mol. The molecule has 1 amide bonds. The molecule has 0 unspecified atom stereocenters. The molecule has 3 rings (SSSR count). The molecule has 0 fully saturated rings. The highest BCUT2D eigenvalue weighted by Gasteiger charge is 2.13.